The first-order valence-corrected chi connectivity index (χ1v) is 5.54. The van der Waals surface area contributed by atoms with Crippen LogP contribution in [0.25, 0.3) is 0 Å². The summed E-state index contributed by atoms with van der Waals surface area (Å²) < 4.78 is 0. The molecular formula is C9H10N3NaO4S. The molecule has 0 aliphatic rings. The van der Waals surface area contributed by atoms with Crippen molar-refractivity contribution in [3.63, 3.8) is 0 Å². The maximum atomic E-state index is 11.1. The summed E-state index contributed by atoms with van der Waals surface area (Å²) in [6.45, 7) is 1.70. The van der Waals surface area contributed by atoms with Crippen LogP contribution in [0.15, 0.2) is 10.5 Å². The van der Waals surface area contributed by atoms with Crippen LogP contribution in [-0.4, -0.2) is 29.7 Å². The normalized spacial score (nSPS) is 10.4. The van der Waals surface area contributed by atoms with Crippen LogP contribution in [0.4, 0.5) is 5.13 Å². The molecule has 92 valence electrons. The third-order valence-electron chi connectivity index (χ3n) is 1.69. The third kappa shape index (κ3) is 4.73. The van der Waals surface area contributed by atoms with Gasteiger partial charge in [0.2, 0.25) is 5.91 Å². The Morgan fingerprint density at radius 2 is 2.28 bits per heavy atom. The number of hydrogen-bond acceptors (Lipinski definition) is 7. The van der Waals surface area contributed by atoms with Gasteiger partial charge in [-0.25, -0.2) is 4.98 Å². The maximum absolute atomic E-state index is 11.1. The molecule has 0 bridgehead atoms. The summed E-state index contributed by atoms with van der Waals surface area (Å²) in [5, 5.41) is 18.3. The number of aromatic nitrogens is 1. The van der Waals surface area contributed by atoms with Gasteiger partial charge in [0.25, 0.3) is 0 Å². The van der Waals surface area contributed by atoms with Gasteiger partial charge in [0.05, 0.1) is 5.97 Å². The van der Waals surface area contributed by atoms with Crippen LogP contribution in [0.1, 0.15) is 19.0 Å². The molecule has 0 unspecified atom stereocenters. The largest absolute Gasteiger partial charge is 1.00 e. The molecule has 0 fully saturated rings. The molecule has 0 aliphatic heterocycles. The van der Waals surface area contributed by atoms with E-state index in [-0.39, 0.29) is 41.2 Å². The van der Waals surface area contributed by atoms with E-state index >= 15 is 0 Å². The first kappa shape index (κ1) is 17.0. The smallest absolute Gasteiger partial charge is 0.543 e. The van der Waals surface area contributed by atoms with Crippen molar-refractivity contribution < 1.29 is 49.1 Å². The maximum Gasteiger partial charge on any atom is 1.00 e. The molecule has 0 saturated heterocycles. The van der Waals surface area contributed by atoms with Gasteiger partial charge in [0, 0.05) is 11.8 Å². The van der Waals surface area contributed by atoms with E-state index in [0.29, 0.717) is 11.6 Å². The zero-order chi connectivity index (χ0) is 12.8. The molecule has 1 aromatic heterocycles. The molecule has 1 amide bonds. The number of oxime groups is 1. The quantitative estimate of drug-likeness (QED) is 0.344. The molecule has 0 aliphatic carbocycles. The van der Waals surface area contributed by atoms with Crippen LogP contribution in [0, 0.1) is 0 Å². The number of amides is 1. The second-order valence-electron chi connectivity index (χ2n) is 2.85. The summed E-state index contributed by atoms with van der Waals surface area (Å²) in [5.74, 6) is -1.70. The predicted molar refractivity (Wildman–Crippen MR) is 59.6 cm³/mol. The van der Waals surface area contributed by atoms with Gasteiger partial charge >= 0.3 is 29.6 Å². The SMILES string of the molecule is CCC(=O)Nc1nc(C(=NOC)C(=O)[O-])cs1.[Na+]. The number of carboxylic acids is 1. The second-order valence-corrected chi connectivity index (χ2v) is 3.71. The number of thiazole rings is 1. The van der Waals surface area contributed by atoms with Crippen molar-refractivity contribution in [2.75, 3.05) is 12.4 Å². The van der Waals surface area contributed by atoms with E-state index in [1.807, 2.05) is 0 Å². The fourth-order valence-corrected chi connectivity index (χ4v) is 1.64. The predicted octanol–water partition coefficient (Wildman–Crippen LogP) is -3.40. The van der Waals surface area contributed by atoms with E-state index in [1.54, 1.807) is 6.92 Å². The van der Waals surface area contributed by atoms with Crippen molar-refractivity contribution in [3.8, 4) is 0 Å². The van der Waals surface area contributed by atoms with Gasteiger partial charge in [-0.05, 0) is 0 Å². The summed E-state index contributed by atoms with van der Waals surface area (Å²) >= 11 is 1.09. The Labute approximate surface area is 130 Å². The molecule has 0 spiro atoms. The zero-order valence-corrected chi connectivity index (χ0v) is 13.0. The van der Waals surface area contributed by atoms with Crippen molar-refractivity contribution >= 4 is 34.1 Å². The Balaban J connectivity index is 0.00000289. The van der Waals surface area contributed by atoms with Crippen molar-refractivity contribution in [1.29, 1.82) is 0 Å². The Morgan fingerprint density at radius 3 is 2.78 bits per heavy atom. The van der Waals surface area contributed by atoms with Gasteiger partial charge in [-0.3, -0.25) is 4.79 Å². The summed E-state index contributed by atoms with van der Waals surface area (Å²) in [6, 6.07) is 0. The number of anilines is 1. The standard InChI is InChI=1S/C9H11N3O4S.Na/c1-3-6(13)11-9-10-5(4-17-9)7(8(14)15)12-16-2;/h4H,3H2,1-2H3,(H,14,15)(H,10,11,13);/q;+1/p-1. The molecule has 0 atom stereocenters. The van der Waals surface area contributed by atoms with E-state index in [2.05, 4.69) is 20.3 Å². The minimum absolute atomic E-state index is 0. The van der Waals surface area contributed by atoms with Crippen LogP contribution in [0.3, 0.4) is 0 Å². The third-order valence-corrected chi connectivity index (χ3v) is 2.45. The molecule has 1 N–H and O–H groups in total. The number of carbonyl (C=O) groups excluding carboxylic acids is 2. The van der Waals surface area contributed by atoms with E-state index in [1.165, 1.54) is 12.5 Å². The van der Waals surface area contributed by atoms with Crippen LogP contribution in [-0.2, 0) is 14.4 Å². The number of nitrogens with one attached hydrogen (secondary N) is 1. The van der Waals surface area contributed by atoms with Crippen LogP contribution >= 0.6 is 11.3 Å². The summed E-state index contributed by atoms with van der Waals surface area (Å²) in [6.07, 6.45) is 0.314. The molecule has 9 heteroatoms. The van der Waals surface area contributed by atoms with E-state index in [0.717, 1.165) is 11.3 Å². The molecule has 0 radical (unpaired) electrons. The van der Waals surface area contributed by atoms with Crippen molar-refractivity contribution in [1.82, 2.24) is 4.98 Å². The molecule has 1 rings (SSSR count). The minimum atomic E-state index is -1.49. The van der Waals surface area contributed by atoms with Crippen molar-refractivity contribution in [2.45, 2.75) is 13.3 Å². The molecule has 0 aromatic carbocycles. The van der Waals surface area contributed by atoms with E-state index in [9.17, 15) is 14.7 Å². The van der Waals surface area contributed by atoms with Gasteiger partial charge in [-0.2, -0.15) is 0 Å². The topological polar surface area (TPSA) is 104 Å². The summed E-state index contributed by atoms with van der Waals surface area (Å²) in [5.41, 5.74) is -0.330. The average Bonchev–Trinajstić information content (AvgIpc) is 2.73. The first-order chi connectivity index (χ1) is 8.08. The van der Waals surface area contributed by atoms with Crippen LogP contribution in [0.2, 0.25) is 0 Å². The number of aliphatic carboxylic acids is 1. The average molecular weight is 279 g/mol. The van der Waals surface area contributed by atoms with E-state index in [4.69, 9.17) is 0 Å². The Morgan fingerprint density at radius 1 is 1.61 bits per heavy atom. The van der Waals surface area contributed by atoms with Gasteiger partial charge in [0.15, 0.2) is 10.8 Å². The molecule has 1 aromatic rings. The monoisotopic (exact) mass is 279 g/mol. The Bertz CT molecular complexity index is 460. The molecule has 18 heavy (non-hydrogen) atoms. The van der Waals surface area contributed by atoms with Gasteiger partial charge in [-0.15, -0.1) is 11.3 Å². The van der Waals surface area contributed by atoms with Gasteiger partial charge < -0.3 is 20.1 Å². The first-order valence-electron chi connectivity index (χ1n) is 4.66. The molecule has 7 nitrogen and oxygen atoms in total. The molecule has 0 saturated carbocycles. The van der Waals surface area contributed by atoms with E-state index < -0.39 is 11.7 Å². The zero-order valence-electron chi connectivity index (χ0n) is 10.2. The fraction of sp³-hybridized carbons (Fsp3) is 0.333. The fourth-order valence-electron chi connectivity index (χ4n) is 0.927. The number of carbonyl (C=O) groups is 2. The van der Waals surface area contributed by atoms with Crippen LogP contribution in [0.5, 0.6) is 0 Å². The number of nitrogens with zero attached hydrogens (tertiary/aromatic N) is 2. The van der Waals surface area contributed by atoms with Crippen molar-refractivity contribution in [2.24, 2.45) is 5.16 Å². The summed E-state index contributed by atoms with van der Waals surface area (Å²) in [7, 11) is 1.22. The number of rotatable bonds is 5. The number of hydrogen-bond donors (Lipinski definition) is 1. The summed E-state index contributed by atoms with van der Waals surface area (Å²) in [4.78, 5) is 30.1. The Kier molecular flexibility index (Phi) is 7.76. The minimum Gasteiger partial charge on any atom is -0.543 e. The van der Waals surface area contributed by atoms with Crippen molar-refractivity contribution in [3.05, 3.63) is 11.1 Å². The second kappa shape index (κ2) is 8.20. The Hall–Kier alpha value is -0.960. The molecule has 1 heterocycles. The number of carboxylic acid groups (broad SMARTS) is 1. The van der Waals surface area contributed by atoms with Gasteiger partial charge in [0.1, 0.15) is 12.8 Å². The molecular weight excluding hydrogens is 269 g/mol. The van der Waals surface area contributed by atoms with Gasteiger partial charge in [-0.1, -0.05) is 12.1 Å². The van der Waals surface area contributed by atoms with Crippen LogP contribution < -0.4 is 40.0 Å².